The third-order valence-electron chi connectivity index (χ3n) is 3.65. The zero-order chi connectivity index (χ0) is 16.6. The largest absolute Gasteiger partial charge is 0.444 e. The number of carbonyl (C=O) groups is 2. The van der Waals surface area contributed by atoms with Crippen LogP contribution in [0.25, 0.3) is 0 Å². The topological polar surface area (TPSA) is 80.6 Å². The quantitative estimate of drug-likeness (QED) is 0.768. The molecule has 3 heterocycles. The number of aryl methyl sites for hydroxylation is 1. The van der Waals surface area contributed by atoms with E-state index in [9.17, 15) is 9.59 Å². The van der Waals surface area contributed by atoms with Crippen LogP contribution in [0, 0.1) is 0 Å². The molecule has 1 atom stereocenters. The van der Waals surface area contributed by atoms with Gasteiger partial charge in [-0.2, -0.15) is 10.1 Å². The maximum absolute atomic E-state index is 12.9. The first-order valence-electron chi connectivity index (χ1n) is 7.63. The number of hydrogen-bond donors (Lipinski definition) is 0. The second kappa shape index (κ2) is 6.03. The van der Waals surface area contributed by atoms with Gasteiger partial charge in [0.05, 0.1) is 5.88 Å². The second-order valence-corrected chi connectivity index (χ2v) is 7.59. The van der Waals surface area contributed by atoms with E-state index in [4.69, 9.17) is 4.74 Å². The lowest BCUT2D eigenvalue weighted by Gasteiger charge is -2.32. The summed E-state index contributed by atoms with van der Waals surface area (Å²) >= 11 is 1.56. The SMILES string of the molecule is CC(C)(C)OC(=O)N1CSC[C@@H]1C(=O)N1CCCn2ncnc21. The number of ether oxygens (including phenoxy) is 1. The lowest BCUT2D eigenvalue weighted by Crippen LogP contribution is -2.52. The first kappa shape index (κ1) is 16.1. The molecule has 1 aromatic heterocycles. The number of rotatable bonds is 1. The van der Waals surface area contributed by atoms with E-state index in [0.29, 0.717) is 24.1 Å². The normalized spacial score (nSPS) is 21.3. The number of hydrogen-bond acceptors (Lipinski definition) is 6. The number of amides is 2. The molecule has 23 heavy (non-hydrogen) atoms. The summed E-state index contributed by atoms with van der Waals surface area (Å²) in [5.41, 5.74) is -0.580. The molecule has 2 aliphatic heterocycles. The van der Waals surface area contributed by atoms with E-state index in [-0.39, 0.29) is 5.91 Å². The van der Waals surface area contributed by atoms with Crippen LogP contribution < -0.4 is 4.90 Å². The zero-order valence-corrected chi connectivity index (χ0v) is 14.4. The van der Waals surface area contributed by atoms with Crippen molar-refractivity contribution in [3.63, 3.8) is 0 Å². The highest BCUT2D eigenvalue weighted by molar-refractivity contribution is 7.99. The molecule has 0 bridgehead atoms. The monoisotopic (exact) mass is 339 g/mol. The highest BCUT2D eigenvalue weighted by atomic mass is 32.2. The molecule has 0 N–H and O–H groups in total. The Morgan fingerprint density at radius 2 is 2.13 bits per heavy atom. The van der Waals surface area contributed by atoms with E-state index in [2.05, 4.69) is 10.1 Å². The Labute approximate surface area is 139 Å². The third kappa shape index (κ3) is 3.29. The molecule has 126 valence electrons. The molecular weight excluding hydrogens is 318 g/mol. The van der Waals surface area contributed by atoms with E-state index < -0.39 is 17.7 Å². The maximum Gasteiger partial charge on any atom is 0.411 e. The van der Waals surface area contributed by atoms with Crippen LogP contribution in [0.4, 0.5) is 10.7 Å². The van der Waals surface area contributed by atoms with Crippen LogP contribution in [0.3, 0.4) is 0 Å². The van der Waals surface area contributed by atoms with Crippen LogP contribution in [-0.4, -0.2) is 61.5 Å². The van der Waals surface area contributed by atoms with E-state index in [0.717, 1.165) is 13.0 Å². The second-order valence-electron chi connectivity index (χ2n) is 6.59. The smallest absolute Gasteiger partial charge is 0.411 e. The van der Waals surface area contributed by atoms with Gasteiger partial charge in [0.2, 0.25) is 5.95 Å². The highest BCUT2D eigenvalue weighted by Crippen LogP contribution is 2.27. The number of carbonyl (C=O) groups excluding carboxylic acids is 2. The molecule has 0 saturated carbocycles. The standard InChI is InChI=1S/C14H21N5O3S/c1-14(2,3)22-13(21)18-9-23-7-10(18)11(20)17-5-4-6-19-12(17)15-8-16-19/h8,10H,4-7,9H2,1-3H3/t10-/m1/s1. The molecule has 0 spiro atoms. The number of nitrogens with zero attached hydrogens (tertiary/aromatic N) is 5. The van der Waals surface area contributed by atoms with Gasteiger partial charge in [-0.25, -0.2) is 9.48 Å². The number of aromatic nitrogens is 3. The average molecular weight is 339 g/mol. The Kier molecular flexibility index (Phi) is 4.22. The summed E-state index contributed by atoms with van der Waals surface area (Å²) in [6.45, 7) is 6.81. The fourth-order valence-corrected chi connectivity index (χ4v) is 3.77. The van der Waals surface area contributed by atoms with Crippen molar-refractivity contribution in [3.8, 4) is 0 Å². The van der Waals surface area contributed by atoms with Crippen molar-refractivity contribution in [1.82, 2.24) is 19.7 Å². The predicted octanol–water partition coefficient (Wildman–Crippen LogP) is 1.32. The number of thioether (sulfide) groups is 1. The van der Waals surface area contributed by atoms with Gasteiger partial charge in [-0.3, -0.25) is 14.6 Å². The van der Waals surface area contributed by atoms with Crippen molar-refractivity contribution in [2.24, 2.45) is 0 Å². The Morgan fingerprint density at radius 3 is 2.87 bits per heavy atom. The maximum atomic E-state index is 12.9. The molecule has 2 aliphatic rings. The molecule has 0 unspecified atom stereocenters. The summed E-state index contributed by atoms with van der Waals surface area (Å²) < 4.78 is 7.14. The molecule has 0 aromatic carbocycles. The van der Waals surface area contributed by atoms with Gasteiger partial charge in [-0.15, -0.1) is 11.8 Å². The highest BCUT2D eigenvalue weighted by Gasteiger charge is 2.40. The van der Waals surface area contributed by atoms with Gasteiger partial charge in [0, 0.05) is 18.8 Å². The fourth-order valence-electron chi connectivity index (χ4n) is 2.64. The molecule has 1 fully saturated rings. The third-order valence-corrected chi connectivity index (χ3v) is 4.66. The van der Waals surface area contributed by atoms with Crippen LogP contribution in [0.2, 0.25) is 0 Å². The zero-order valence-electron chi connectivity index (χ0n) is 13.6. The van der Waals surface area contributed by atoms with Crippen molar-refractivity contribution in [1.29, 1.82) is 0 Å². The minimum Gasteiger partial charge on any atom is -0.444 e. The number of anilines is 1. The summed E-state index contributed by atoms with van der Waals surface area (Å²) in [5.74, 6) is 1.48. The molecule has 1 saturated heterocycles. The number of fused-ring (bicyclic) bond motifs is 1. The summed E-state index contributed by atoms with van der Waals surface area (Å²) in [6, 6.07) is -0.516. The molecule has 0 radical (unpaired) electrons. The summed E-state index contributed by atoms with van der Waals surface area (Å²) in [6.07, 6.45) is 1.84. The van der Waals surface area contributed by atoms with Gasteiger partial charge in [0.15, 0.2) is 0 Å². The molecule has 1 aromatic rings. The van der Waals surface area contributed by atoms with Crippen LogP contribution in [0.15, 0.2) is 6.33 Å². The molecule has 3 rings (SSSR count). The first-order chi connectivity index (χ1) is 10.9. The van der Waals surface area contributed by atoms with E-state index in [1.165, 1.54) is 11.2 Å². The van der Waals surface area contributed by atoms with Crippen molar-refractivity contribution in [2.45, 2.75) is 45.4 Å². The van der Waals surface area contributed by atoms with Crippen LogP contribution in [-0.2, 0) is 16.1 Å². The first-order valence-corrected chi connectivity index (χ1v) is 8.79. The van der Waals surface area contributed by atoms with Gasteiger partial charge in [-0.05, 0) is 27.2 Å². The molecule has 8 nitrogen and oxygen atoms in total. The van der Waals surface area contributed by atoms with Crippen molar-refractivity contribution in [2.75, 3.05) is 23.1 Å². The van der Waals surface area contributed by atoms with E-state index >= 15 is 0 Å². The van der Waals surface area contributed by atoms with Gasteiger partial charge >= 0.3 is 6.09 Å². The Morgan fingerprint density at radius 1 is 1.35 bits per heavy atom. The van der Waals surface area contributed by atoms with Crippen molar-refractivity contribution >= 4 is 29.7 Å². The predicted molar refractivity (Wildman–Crippen MR) is 86.2 cm³/mol. The summed E-state index contributed by atoms with van der Waals surface area (Å²) in [5, 5.41) is 4.12. The summed E-state index contributed by atoms with van der Waals surface area (Å²) in [7, 11) is 0. The van der Waals surface area contributed by atoms with Crippen LogP contribution >= 0.6 is 11.8 Å². The van der Waals surface area contributed by atoms with Gasteiger partial charge in [0.1, 0.15) is 18.0 Å². The Balaban J connectivity index is 1.76. The molecular formula is C14H21N5O3S. The lowest BCUT2D eigenvalue weighted by molar-refractivity contribution is -0.122. The lowest BCUT2D eigenvalue weighted by atomic mass is 10.2. The van der Waals surface area contributed by atoms with Crippen molar-refractivity contribution in [3.05, 3.63) is 6.33 Å². The fraction of sp³-hybridized carbons (Fsp3) is 0.714. The van der Waals surface area contributed by atoms with Gasteiger partial charge in [0.25, 0.3) is 5.91 Å². The minimum absolute atomic E-state index is 0.116. The summed E-state index contributed by atoms with van der Waals surface area (Å²) in [4.78, 5) is 32.6. The van der Waals surface area contributed by atoms with E-state index in [1.807, 2.05) is 20.8 Å². The van der Waals surface area contributed by atoms with Crippen LogP contribution in [0.5, 0.6) is 0 Å². The van der Waals surface area contributed by atoms with Crippen LogP contribution in [0.1, 0.15) is 27.2 Å². The Hall–Kier alpha value is -1.77. The molecule has 0 aliphatic carbocycles. The average Bonchev–Trinajstić information content (AvgIpc) is 3.12. The molecule has 2 amide bonds. The van der Waals surface area contributed by atoms with Gasteiger partial charge in [-0.1, -0.05) is 0 Å². The van der Waals surface area contributed by atoms with Gasteiger partial charge < -0.3 is 4.74 Å². The van der Waals surface area contributed by atoms with Crippen molar-refractivity contribution < 1.29 is 14.3 Å². The molecule has 9 heteroatoms. The van der Waals surface area contributed by atoms with E-state index in [1.54, 1.807) is 21.3 Å². The Bertz CT molecular complexity index is 612. The minimum atomic E-state index is -0.580.